The summed E-state index contributed by atoms with van der Waals surface area (Å²) in [6.45, 7) is 1.96. The van der Waals surface area contributed by atoms with Crippen molar-refractivity contribution in [3.05, 3.63) is 77.4 Å². The molecule has 0 unspecified atom stereocenters. The number of aliphatic hydroxyl groups is 1. The van der Waals surface area contributed by atoms with Gasteiger partial charge in [-0.15, -0.1) is 0 Å². The summed E-state index contributed by atoms with van der Waals surface area (Å²) in [5.74, 6) is -0.230. The molecule has 27 heavy (non-hydrogen) atoms. The van der Waals surface area contributed by atoms with E-state index in [0.717, 1.165) is 38.9 Å². The molecule has 4 N–H and O–H groups in total. The number of benzene rings is 3. The highest BCUT2D eigenvalue weighted by atomic mass is 16.3. The van der Waals surface area contributed by atoms with E-state index in [2.05, 4.69) is 6.07 Å². The van der Waals surface area contributed by atoms with E-state index in [4.69, 9.17) is 5.73 Å². The molecule has 1 amide bonds. The predicted octanol–water partition coefficient (Wildman–Crippen LogP) is 3.94. The van der Waals surface area contributed by atoms with Crippen LogP contribution in [0.15, 0.2) is 60.7 Å². The highest BCUT2D eigenvalue weighted by molar-refractivity contribution is 5.77. The summed E-state index contributed by atoms with van der Waals surface area (Å²) >= 11 is 0. The molecule has 4 nitrogen and oxygen atoms in total. The summed E-state index contributed by atoms with van der Waals surface area (Å²) in [7, 11) is 0. The van der Waals surface area contributed by atoms with E-state index >= 15 is 0 Å². The molecular weight excluding hydrogens is 338 g/mol. The second kappa shape index (κ2) is 8.06. The van der Waals surface area contributed by atoms with Crippen LogP contribution in [0.1, 0.15) is 23.1 Å². The van der Waals surface area contributed by atoms with Gasteiger partial charge >= 0.3 is 0 Å². The molecule has 0 aliphatic heterocycles. The molecule has 0 atom stereocenters. The number of hydrogen-bond acceptors (Lipinski definition) is 3. The number of carbonyl (C=O) groups excluding carboxylic acids is 1. The van der Waals surface area contributed by atoms with Gasteiger partial charge in [-0.1, -0.05) is 48.0 Å². The number of primary amides is 1. The Morgan fingerprint density at radius 2 is 1.63 bits per heavy atom. The summed E-state index contributed by atoms with van der Waals surface area (Å²) in [5, 5.41) is 19.7. The number of rotatable bonds is 6. The molecule has 0 radical (unpaired) electrons. The van der Waals surface area contributed by atoms with Gasteiger partial charge in [0.1, 0.15) is 5.75 Å². The van der Waals surface area contributed by atoms with E-state index in [1.165, 1.54) is 0 Å². The van der Waals surface area contributed by atoms with Crippen LogP contribution < -0.4 is 5.73 Å². The maximum atomic E-state index is 11.2. The van der Waals surface area contributed by atoms with Crippen molar-refractivity contribution >= 4 is 5.91 Å². The maximum Gasteiger partial charge on any atom is 0.217 e. The van der Waals surface area contributed by atoms with Crippen molar-refractivity contribution in [2.75, 3.05) is 0 Å². The molecule has 0 aliphatic carbocycles. The quantitative estimate of drug-likeness (QED) is 0.622. The lowest BCUT2D eigenvalue weighted by Gasteiger charge is -2.14. The summed E-state index contributed by atoms with van der Waals surface area (Å²) in [5.41, 5.74) is 12.0. The molecular formula is C23H23NO3. The second-order valence-electron chi connectivity index (χ2n) is 6.71. The number of nitrogens with two attached hydrogens (primary N) is 1. The molecule has 3 rings (SSSR count). The van der Waals surface area contributed by atoms with E-state index in [-0.39, 0.29) is 24.7 Å². The largest absolute Gasteiger partial charge is 0.508 e. The van der Waals surface area contributed by atoms with E-state index in [1.54, 1.807) is 12.1 Å². The van der Waals surface area contributed by atoms with Crippen molar-refractivity contribution in [3.8, 4) is 28.0 Å². The molecule has 4 heteroatoms. The molecule has 0 spiro atoms. The van der Waals surface area contributed by atoms with E-state index in [0.29, 0.717) is 6.42 Å². The minimum absolute atomic E-state index is 0.0776. The molecule has 138 valence electrons. The zero-order valence-corrected chi connectivity index (χ0v) is 15.3. The smallest absolute Gasteiger partial charge is 0.217 e. The van der Waals surface area contributed by atoms with Gasteiger partial charge in [0.15, 0.2) is 0 Å². The summed E-state index contributed by atoms with van der Waals surface area (Å²) in [4.78, 5) is 11.2. The normalized spacial score (nSPS) is 10.7. The van der Waals surface area contributed by atoms with Gasteiger partial charge in [-0.3, -0.25) is 4.79 Å². The number of carbonyl (C=O) groups is 1. The highest BCUT2D eigenvalue weighted by Crippen LogP contribution is 2.33. The molecule has 0 aliphatic rings. The number of hydrogen-bond donors (Lipinski definition) is 3. The Hall–Kier alpha value is -3.11. The van der Waals surface area contributed by atoms with Gasteiger partial charge in [-0.25, -0.2) is 0 Å². The van der Waals surface area contributed by atoms with Gasteiger partial charge < -0.3 is 15.9 Å². The SMILES string of the molecule is Cc1cccc(-c2ccc(-c3ccc(O)cc3CCC(N)=O)cc2CO)c1. The molecule has 0 heterocycles. The Bertz CT molecular complexity index is 979. The minimum atomic E-state index is -0.380. The number of aromatic hydroxyl groups is 1. The zero-order chi connectivity index (χ0) is 19.4. The molecule has 0 bridgehead atoms. The van der Waals surface area contributed by atoms with Crippen molar-refractivity contribution in [2.45, 2.75) is 26.4 Å². The first-order chi connectivity index (χ1) is 13.0. The van der Waals surface area contributed by atoms with Crippen LogP contribution in [0.5, 0.6) is 5.75 Å². The third kappa shape index (κ3) is 4.36. The van der Waals surface area contributed by atoms with Crippen LogP contribution in [0.4, 0.5) is 0 Å². The monoisotopic (exact) mass is 361 g/mol. The summed E-state index contributed by atoms with van der Waals surface area (Å²) in [6.07, 6.45) is 0.665. The first-order valence-corrected chi connectivity index (χ1v) is 8.89. The number of phenolic OH excluding ortho intramolecular Hbond substituents is 1. The zero-order valence-electron chi connectivity index (χ0n) is 15.3. The second-order valence-corrected chi connectivity index (χ2v) is 6.71. The van der Waals surface area contributed by atoms with Crippen LogP contribution in [0.25, 0.3) is 22.3 Å². The van der Waals surface area contributed by atoms with Gasteiger partial charge in [0.05, 0.1) is 6.61 Å². The Balaban J connectivity index is 2.04. The third-order valence-corrected chi connectivity index (χ3v) is 4.65. The van der Waals surface area contributed by atoms with E-state index in [1.807, 2.05) is 49.4 Å². The van der Waals surface area contributed by atoms with E-state index in [9.17, 15) is 15.0 Å². The number of aryl methyl sites for hydroxylation is 2. The number of phenols is 1. The van der Waals surface area contributed by atoms with Crippen LogP contribution in [0.2, 0.25) is 0 Å². The summed E-state index contributed by atoms with van der Waals surface area (Å²) in [6, 6.07) is 19.2. The third-order valence-electron chi connectivity index (χ3n) is 4.65. The highest BCUT2D eigenvalue weighted by Gasteiger charge is 2.11. The average Bonchev–Trinajstić information content (AvgIpc) is 2.66. The molecule has 0 fully saturated rings. The molecule has 0 saturated carbocycles. The lowest BCUT2D eigenvalue weighted by atomic mass is 9.91. The van der Waals surface area contributed by atoms with Gasteiger partial charge in [0, 0.05) is 6.42 Å². The van der Waals surface area contributed by atoms with Gasteiger partial charge in [-0.05, 0) is 64.9 Å². The van der Waals surface area contributed by atoms with Gasteiger partial charge in [-0.2, -0.15) is 0 Å². The van der Waals surface area contributed by atoms with Gasteiger partial charge in [0.25, 0.3) is 0 Å². The Morgan fingerprint density at radius 1 is 0.926 bits per heavy atom. The van der Waals surface area contributed by atoms with Crippen molar-refractivity contribution in [2.24, 2.45) is 5.73 Å². The maximum absolute atomic E-state index is 11.2. The Labute approximate surface area is 158 Å². The first-order valence-electron chi connectivity index (χ1n) is 8.89. The van der Waals surface area contributed by atoms with E-state index < -0.39 is 0 Å². The fourth-order valence-electron chi connectivity index (χ4n) is 3.31. The van der Waals surface area contributed by atoms with Crippen LogP contribution in [0, 0.1) is 6.92 Å². The van der Waals surface area contributed by atoms with Crippen molar-refractivity contribution in [1.82, 2.24) is 0 Å². The molecule has 0 saturated heterocycles. The van der Waals surface area contributed by atoms with Crippen molar-refractivity contribution in [1.29, 1.82) is 0 Å². The lowest BCUT2D eigenvalue weighted by molar-refractivity contribution is -0.117. The van der Waals surface area contributed by atoms with Crippen LogP contribution in [0.3, 0.4) is 0 Å². The lowest BCUT2D eigenvalue weighted by Crippen LogP contribution is -2.11. The molecule has 3 aromatic carbocycles. The average molecular weight is 361 g/mol. The van der Waals surface area contributed by atoms with Crippen LogP contribution in [-0.2, 0) is 17.8 Å². The number of aliphatic hydroxyl groups excluding tert-OH is 1. The minimum Gasteiger partial charge on any atom is -0.508 e. The number of amides is 1. The van der Waals surface area contributed by atoms with Crippen molar-refractivity contribution in [3.63, 3.8) is 0 Å². The van der Waals surface area contributed by atoms with Crippen LogP contribution >= 0.6 is 0 Å². The Kier molecular flexibility index (Phi) is 5.57. The predicted molar refractivity (Wildman–Crippen MR) is 107 cm³/mol. The fraction of sp³-hybridized carbons (Fsp3) is 0.174. The van der Waals surface area contributed by atoms with Crippen molar-refractivity contribution < 1.29 is 15.0 Å². The standard InChI is InChI=1S/C23H23NO3/c1-15-3-2-4-16(11-15)22-8-5-17(12-19(22)14-25)21-9-7-20(26)13-18(21)6-10-23(24)27/h2-5,7-9,11-13,25-26H,6,10,14H2,1H3,(H2,24,27). The van der Waals surface area contributed by atoms with Crippen LogP contribution in [-0.4, -0.2) is 16.1 Å². The molecule has 3 aromatic rings. The first kappa shape index (κ1) is 18.7. The topological polar surface area (TPSA) is 83.5 Å². The summed E-state index contributed by atoms with van der Waals surface area (Å²) < 4.78 is 0. The fourth-order valence-corrected chi connectivity index (χ4v) is 3.31. The molecule has 0 aromatic heterocycles. The Morgan fingerprint density at radius 3 is 2.33 bits per heavy atom. The van der Waals surface area contributed by atoms with Gasteiger partial charge in [0.2, 0.25) is 5.91 Å².